The van der Waals surface area contributed by atoms with Crippen molar-refractivity contribution in [1.29, 1.82) is 0 Å². The number of rotatable bonds is 5. The smallest absolute Gasteiger partial charge is 0.205 e. The number of carbonyl (C=O) groups is 1. The van der Waals surface area contributed by atoms with Crippen LogP contribution in [0.1, 0.15) is 21.5 Å². The summed E-state index contributed by atoms with van der Waals surface area (Å²) in [5.41, 5.74) is 1.39. The van der Waals surface area contributed by atoms with Crippen molar-refractivity contribution in [3.8, 4) is 17.2 Å². The van der Waals surface area contributed by atoms with Crippen molar-refractivity contribution in [2.24, 2.45) is 0 Å². The number of phenolic OH excluding ortho intramolecular Hbond substituents is 1. The molecule has 0 aliphatic rings. The molecule has 1 aromatic heterocycles. The molecule has 1 N–H and O–H groups in total. The molecule has 0 fully saturated rings. The number of ketones is 1. The van der Waals surface area contributed by atoms with E-state index in [4.69, 9.17) is 13.9 Å². The third kappa shape index (κ3) is 2.90. The summed E-state index contributed by atoms with van der Waals surface area (Å²) < 4.78 is 29.2. The minimum atomic E-state index is -0.484. The summed E-state index contributed by atoms with van der Waals surface area (Å²) in [6.07, 6.45) is 4.25. The van der Waals surface area contributed by atoms with Gasteiger partial charge in [-0.2, -0.15) is 0 Å². The second-order valence-corrected chi connectivity index (χ2v) is 5.66. The van der Waals surface area contributed by atoms with Crippen molar-refractivity contribution in [1.82, 2.24) is 0 Å². The van der Waals surface area contributed by atoms with Crippen LogP contribution >= 0.6 is 0 Å². The van der Waals surface area contributed by atoms with E-state index >= 15 is 0 Å². The van der Waals surface area contributed by atoms with Gasteiger partial charge >= 0.3 is 0 Å². The number of benzene rings is 2. The summed E-state index contributed by atoms with van der Waals surface area (Å²) in [6.45, 7) is 1.64. The molecule has 0 saturated carbocycles. The van der Waals surface area contributed by atoms with E-state index < -0.39 is 5.78 Å². The summed E-state index contributed by atoms with van der Waals surface area (Å²) in [5, 5.41) is 11.0. The Kier molecular flexibility index (Phi) is 4.67. The molecule has 134 valence electrons. The number of carbonyl (C=O) groups excluding carboxylic acids is 1. The Morgan fingerprint density at radius 2 is 1.92 bits per heavy atom. The van der Waals surface area contributed by atoms with Gasteiger partial charge < -0.3 is 19.0 Å². The molecular formula is C20H17FO5. The molecule has 3 aromatic rings. The monoisotopic (exact) mass is 356 g/mol. The minimum absolute atomic E-state index is 0.0340. The number of furan rings is 1. The molecular weight excluding hydrogens is 339 g/mol. The fourth-order valence-electron chi connectivity index (χ4n) is 2.78. The maximum absolute atomic E-state index is 13.4. The van der Waals surface area contributed by atoms with Gasteiger partial charge in [0.2, 0.25) is 5.75 Å². The zero-order chi connectivity index (χ0) is 18.8. The average Bonchev–Trinajstić information content (AvgIpc) is 3.10. The summed E-state index contributed by atoms with van der Waals surface area (Å²) >= 11 is 0. The Labute approximate surface area is 149 Å². The summed E-state index contributed by atoms with van der Waals surface area (Å²) in [7, 11) is 2.77. The zero-order valence-electron chi connectivity index (χ0n) is 14.5. The second-order valence-electron chi connectivity index (χ2n) is 5.66. The van der Waals surface area contributed by atoms with E-state index in [-0.39, 0.29) is 34.2 Å². The molecule has 26 heavy (non-hydrogen) atoms. The van der Waals surface area contributed by atoms with Gasteiger partial charge in [0.1, 0.15) is 17.1 Å². The molecule has 0 spiro atoms. The number of phenols is 1. The second kappa shape index (κ2) is 6.92. The van der Waals surface area contributed by atoms with Crippen molar-refractivity contribution >= 4 is 22.8 Å². The predicted molar refractivity (Wildman–Crippen MR) is 95.5 cm³/mol. The van der Waals surface area contributed by atoms with Crippen molar-refractivity contribution in [3.05, 3.63) is 59.1 Å². The lowest BCUT2D eigenvalue weighted by Gasteiger charge is -2.13. The van der Waals surface area contributed by atoms with Gasteiger partial charge in [-0.15, -0.1) is 0 Å². The molecule has 0 aliphatic carbocycles. The quantitative estimate of drug-likeness (QED) is 0.538. The molecule has 0 atom stereocenters. The molecule has 3 rings (SSSR count). The highest BCUT2D eigenvalue weighted by molar-refractivity contribution is 6.15. The predicted octanol–water partition coefficient (Wildman–Crippen LogP) is 4.50. The first kappa shape index (κ1) is 17.5. The molecule has 2 aromatic carbocycles. The lowest BCUT2D eigenvalue weighted by molar-refractivity contribution is 0.104. The lowest BCUT2D eigenvalue weighted by Crippen LogP contribution is -2.02. The van der Waals surface area contributed by atoms with Crippen LogP contribution in [0.25, 0.3) is 17.0 Å². The molecule has 6 heteroatoms. The number of hydrogen-bond acceptors (Lipinski definition) is 5. The number of allylic oxidation sites excluding steroid dienone is 1. The zero-order valence-corrected chi connectivity index (χ0v) is 14.5. The summed E-state index contributed by atoms with van der Waals surface area (Å²) in [6, 6.07) is 6.14. The van der Waals surface area contributed by atoms with Crippen LogP contribution in [0.4, 0.5) is 4.39 Å². The molecule has 0 unspecified atom stereocenters. The Morgan fingerprint density at radius 3 is 2.58 bits per heavy atom. The molecule has 0 saturated heterocycles. The fourth-order valence-corrected chi connectivity index (χ4v) is 2.78. The van der Waals surface area contributed by atoms with E-state index in [0.29, 0.717) is 16.5 Å². The number of aryl methyl sites for hydroxylation is 1. The first-order valence-corrected chi connectivity index (χ1v) is 7.80. The standard InChI is InChI=1S/C20H17FO5/c1-11-10-12(4-6-14(11)21)5-7-15(22)16-17(23)20(25-3)19-13(8-9-26-19)18(16)24-2/h4-10,23H,1-3H3/b7-5+. The van der Waals surface area contributed by atoms with Crippen LogP contribution in [-0.2, 0) is 0 Å². The number of methoxy groups -OCH3 is 2. The molecule has 1 heterocycles. The van der Waals surface area contributed by atoms with Gasteiger partial charge in [-0.25, -0.2) is 4.39 Å². The van der Waals surface area contributed by atoms with Gasteiger partial charge in [-0.3, -0.25) is 4.79 Å². The van der Waals surface area contributed by atoms with E-state index in [0.717, 1.165) is 0 Å². The summed E-state index contributed by atoms with van der Waals surface area (Å²) in [5.74, 6) is -0.917. The van der Waals surface area contributed by atoms with Crippen LogP contribution in [0.15, 0.2) is 41.0 Å². The number of fused-ring (bicyclic) bond motifs is 1. The average molecular weight is 356 g/mol. The van der Waals surface area contributed by atoms with Crippen molar-refractivity contribution in [3.63, 3.8) is 0 Å². The number of hydrogen-bond donors (Lipinski definition) is 1. The maximum atomic E-state index is 13.4. The van der Waals surface area contributed by atoms with Crippen LogP contribution in [0.3, 0.4) is 0 Å². The topological polar surface area (TPSA) is 68.9 Å². The SMILES string of the molecule is COc1c(C(=O)/C=C/c2ccc(F)c(C)c2)c(O)c(OC)c2occc12. The van der Waals surface area contributed by atoms with Crippen molar-refractivity contribution < 1.29 is 28.2 Å². The lowest BCUT2D eigenvalue weighted by atomic mass is 10.0. The Morgan fingerprint density at radius 1 is 1.19 bits per heavy atom. The van der Waals surface area contributed by atoms with E-state index in [1.165, 1.54) is 32.6 Å². The van der Waals surface area contributed by atoms with Gasteiger partial charge in [0.05, 0.1) is 25.9 Å². The van der Waals surface area contributed by atoms with Crippen molar-refractivity contribution in [2.45, 2.75) is 6.92 Å². The van der Waals surface area contributed by atoms with Crippen molar-refractivity contribution in [2.75, 3.05) is 14.2 Å². The first-order valence-electron chi connectivity index (χ1n) is 7.80. The minimum Gasteiger partial charge on any atom is -0.504 e. The van der Waals surface area contributed by atoms with Gasteiger partial charge in [0.15, 0.2) is 17.1 Å². The van der Waals surface area contributed by atoms with Gasteiger partial charge in [-0.1, -0.05) is 12.1 Å². The van der Waals surface area contributed by atoms with Crippen LogP contribution in [0.5, 0.6) is 17.2 Å². The van der Waals surface area contributed by atoms with Gasteiger partial charge in [0, 0.05) is 0 Å². The highest BCUT2D eigenvalue weighted by atomic mass is 19.1. The third-order valence-corrected chi connectivity index (χ3v) is 4.06. The first-order chi connectivity index (χ1) is 12.5. The molecule has 0 aliphatic heterocycles. The molecule has 0 radical (unpaired) electrons. The normalized spacial score (nSPS) is 11.2. The largest absolute Gasteiger partial charge is 0.504 e. The Hall–Kier alpha value is -3.28. The highest BCUT2D eigenvalue weighted by Gasteiger charge is 2.26. The summed E-state index contributed by atoms with van der Waals surface area (Å²) in [4.78, 5) is 12.7. The Balaban J connectivity index is 2.08. The van der Waals surface area contributed by atoms with Crippen LogP contribution in [-0.4, -0.2) is 25.1 Å². The van der Waals surface area contributed by atoms with E-state index in [9.17, 15) is 14.3 Å². The van der Waals surface area contributed by atoms with Crippen LogP contribution in [0.2, 0.25) is 0 Å². The molecule has 0 amide bonds. The van der Waals surface area contributed by atoms with E-state index in [1.54, 1.807) is 31.2 Å². The highest BCUT2D eigenvalue weighted by Crippen LogP contribution is 2.45. The number of aromatic hydroxyl groups is 1. The Bertz CT molecular complexity index is 1020. The maximum Gasteiger partial charge on any atom is 0.205 e. The third-order valence-electron chi connectivity index (χ3n) is 4.06. The van der Waals surface area contributed by atoms with Gasteiger partial charge in [0.25, 0.3) is 0 Å². The van der Waals surface area contributed by atoms with Crippen LogP contribution in [0, 0.1) is 12.7 Å². The van der Waals surface area contributed by atoms with Gasteiger partial charge in [-0.05, 0) is 42.3 Å². The van der Waals surface area contributed by atoms with Crippen LogP contribution < -0.4 is 9.47 Å². The van der Waals surface area contributed by atoms with E-state index in [1.807, 2.05) is 0 Å². The molecule has 0 bridgehead atoms. The number of halogens is 1. The molecule has 5 nitrogen and oxygen atoms in total. The van der Waals surface area contributed by atoms with E-state index in [2.05, 4.69) is 0 Å². The number of ether oxygens (including phenoxy) is 2. The fraction of sp³-hybridized carbons (Fsp3) is 0.150.